The van der Waals surface area contributed by atoms with E-state index in [4.69, 9.17) is 0 Å². The van der Waals surface area contributed by atoms with Crippen LogP contribution in [-0.4, -0.2) is 66.0 Å². The second-order valence-corrected chi connectivity index (χ2v) is 11.1. The van der Waals surface area contributed by atoms with Gasteiger partial charge < -0.3 is 15.7 Å². The van der Waals surface area contributed by atoms with Crippen LogP contribution in [0.4, 0.5) is 11.4 Å². The van der Waals surface area contributed by atoms with Gasteiger partial charge in [0, 0.05) is 24.8 Å². The highest BCUT2D eigenvalue weighted by atomic mass is 32.1. The van der Waals surface area contributed by atoms with Gasteiger partial charge in [0.25, 0.3) is 5.91 Å². The van der Waals surface area contributed by atoms with Gasteiger partial charge in [0.2, 0.25) is 11.7 Å². The third-order valence-electron chi connectivity index (χ3n) is 6.19. The van der Waals surface area contributed by atoms with Crippen LogP contribution in [-0.2, 0) is 11.4 Å². The van der Waals surface area contributed by atoms with Gasteiger partial charge in [-0.05, 0) is 37.5 Å². The van der Waals surface area contributed by atoms with Gasteiger partial charge in [-0.3, -0.25) is 23.9 Å². The van der Waals surface area contributed by atoms with Crippen LogP contribution < -0.4 is 10.6 Å². The fourth-order valence-electron chi connectivity index (χ4n) is 4.46. The van der Waals surface area contributed by atoms with E-state index in [1.165, 1.54) is 11.3 Å². The molecule has 1 aliphatic rings. The topological polar surface area (TPSA) is 138 Å². The third-order valence-corrected chi connectivity index (χ3v) is 7.38. The molecular weight excluding hydrogens is 492 g/mol. The predicted molar refractivity (Wildman–Crippen MR) is 141 cm³/mol. The number of aryl methyl sites for hydroxylation is 2. The van der Waals surface area contributed by atoms with Crippen LogP contribution in [0.3, 0.4) is 0 Å². The highest BCUT2D eigenvalue weighted by molar-refractivity contribution is 7.15. The van der Waals surface area contributed by atoms with E-state index in [2.05, 4.69) is 49.5 Å². The van der Waals surface area contributed by atoms with Crippen molar-refractivity contribution in [2.45, 2.75) is 34.3 Å². The van der Waals surface area contributed by atoms with E-state index in [0.29, 0.717) is 29.3 Å². The molecule has 37 heavy (non-hydrogen) atoms. The zero-order valence-electron chi connectivity index (χ0n) is 21.1. The molecule has 1 aliphatic heterocycles. The Labute approximate surface area is 217 Å². The molecule has 0 bridgehead atoms. The highest BCUT2D eigenvalue weighted by Gasteiger charge is 2.34. The van der Waals surface area contributed by atoms with E-state index in [1.807, 2.05) is 13.0 Å². The summed E-state index contributed by atoms with van der Waals surface area (Å²) in [5.41, 5.74) is 3.93. The minimum atomic E-state index is -0.455. The number of carbonyl (C=O) groups is 2. The monoisotopic (exact) mass is 520 g/mol. The summed E-state index contributed by atoms with van der Waals surface area (Å²) in [6, 6.07) is 5.31. The molecule has 1 fully saturated rings. The lowest BCUT2D eigenvalue weighted by molar-refractivity contribution is -0.120. The lowest BCUT2D eigenvalue weighted by Gasteiger charge is -2.45. The van der Waals surface area contributed by atoms with E-state index in [9.17, 15) is 14.7 Å². The molecule has 0 atom stereocenters. The van der Waals surface area contributed by atoms with Crippen molar-refractivity contribution in [2.75, 3.05) is 30.3 Å². The molecule has 11 nitrogen and oxygen atoms in total. The van der Waals surface area contributed by atoms with Gasteiger partial charge in [-0.15, -0.1) is 21.5 Å². The minimum absolute atomic E-state index is 0.0586. The first-order valence-corrected chi connectivity index (χ1v) is 12.7. The summed E-state index contributed by atoms with van der Waals surface area (Å²) in [7, 11) is 0. The zero-order valence-corrected chi connectivity index (χ0v) is 21.9. The van der Waals surface area contributed by atoms with Crippen molar-refractivity contribution in [1.29, 1.82) is 0 Å². The van der Waals surface area contributed by atoms with E-state index in [1.54, 1.807) is 35.9 Å². The molecule has 0 spiro atoms. The summed E-state index contributed by atoms with van der Waals surface area (Å²) in [5.74, 6) is -0.467. The molecule has 5 rings (SSSR count). The van der Waals surface area contributed by atoms with Crippen molar-refractivity contribution in [1.82, 2.24) is 29.5 Å². The molecule has 1 saturated heterocycles. The number of amides is 2. The number of carbonyl (C=O) groups excluding carboxylic acids is 2. The Kier molecular flexibility index (Phi) is 6.48. The quantitative estimate of drug-likeness (QED) is 0.338. The average Bonchev–Trinajstić information content (AvgIpc) is 3.42. The number of pyridine rings is 2. The maximum absolute atomic E-state index is 13.1. The largest absolute Gasteiger partial charge is 0.391 e. The van der Waals surface area contributed by atoms with Crippen LogP contribution >= 0.6 is 11.3 Å². The van der Waals surface area contributed by atoms with Gasteiger partial charge in [-0.2, -0.15) is 0 Å². The molecule has 2 amide bonds. The maximum Gasteiger partial charge on any atom is 0.294 e. The van der Waals surface area contributed by atoms with Gasteiger partial charge in [-0.25, -0.2) is 4.98 Å². The number of likely N-dealkylation sites (tertiary alicyclic amines) is 1. The van der Waals surface area contributed by atoms with E-state index in [0.717, 1.165) is 34.2 Å². The number of nitrogens with one attached hydrogen (secondary N) is 2. The summed E-state index contributed by atoms with van der Waals surface area (Å²) < 4.78 is 1.59. The normalized spacial score (nSPS) is 14.9. The Bertz CT molecular complexity index is 1500. The molecule has 3 N–H and O–H groups in total. The van der Waals surface area contributed by atoms with Crippen molar-refractivity contribution in [3.63, 3.8) is 0 Å². The van der Waals surface area contributed by atoms with Crippen LogP contribution in [0.5, 0.6) is 0 Å². The van der Waals surface area contributed by atoms with Crippen molar-refractivity contribution >= 4 is 40.2 Å². The van der Waals surface area contributed by atoms with E-state index >= 15 is 0 Å². The minimum Gasteiger partial charge on any atom is -0.391 e. The molecule has 0 unspecified atom stereocenters. The Hall–Kier alpha value is -3.74. The SMILES string of the molecule is Cc1ncc(NC(=O)CN2CC(C)(C)C2)cc1NC(=O)c1nnc2cc(-c3nc(C)c(CO)s3)ccn12. The summed E-state index contributed by atoms with van der Waals surface area (Å²) in [6.07, 6.45) is 3.28. The number of aliphatic hydroxyl groups is 1. The molecular formula is C25H28N8O3S. The second-order valence-electron chi connectivity index (χ2n) is 10.0. The summed E-state index contributed by atoms with van der Waals surface area (Å²) in [4.78, 5) is 37.2. The number of fused-ring (bicyclic) bond motifs is 1. The van der Waals surface area contributed by atoms with Crippen molar-refractivity contribution in [2.24, 2.45) is 5.41 Å². The van der Waals surface area contributed by atoms with Gasteiger partial charge in [0.05, 0.1) is 47.0 Å². The molecule has 192 valence electrons. The predicted octanol–water partition coefficient (Wildman–Crippen LogP) is 2.89. The summed E-state index contributed by atoms with van der Waals surface area (Å²) in [6.45, 7) is 10.00. The molecule has 0 saturated carbocycles. The second kappa shape index (κ2) is 9.61. The van der Waals surface area contributed by atoms with Crippen molar-refractivity contribution in [3.05, 3.63) is 52.7 Å². The average molecular weight is 521 g/mol. The first-order chi connectivity index (χ1) is 17.6. The number of thiazole rings is 1. The lowest BCUT2D eigenvalue weighted by atomic mass is 9.84. The standard InChI is InChI=1S/C25H28N8O3S/c1-14-18(8-17(9-26-14)28-21(35)10-32-12-25(3,4)13-32)29-23(36)22-31-30-20-7-16(5-6-33(20)22)24-27-15(2)19(11-34)37-24/h5-9,34H,10-13H2,1-4H3,(H,28,35)(H,29,36). The smallest absolute Gasteiger partial charge is 0.294 e. The molecule has 4 aromatic heterocycles. The Morgan fingerprint density at radius 1 is 1.14 bits per heavy atom. The van der Waals surface area contributed by atoms with Crippen LogP contribution in [0.15, 0.2) is 30.6 Å². The van der Waals surface area contributed by atoms with Gasteiger partial charge in [0.1, 0.15) is 5.01 Å². The molecule has 0 aromatic carbocycles. The molecule has 0 radical (unpaired) electrons. The Morgan fingerprint density at radius 3 is 2.62 bits per heavy atom. The number of hydrogen-bond donors (Lipinski definition) is 3. The van der Waals surface area contributed by atoms with Crippen LogP contribution in [0.1, 0.15) is 40.7 Å². The number of aliphatic hydroxyl groups excluding tert-OH is 1. The highest BCUT2D eigenvalue weighted by Crippen LogP contribution is 2.29. The zero-order chi connectivity index (χ0) is 26.3. The van der Waals surface area contributed by atoms with Crippen LogP contribution in [0.25, 0.3) is 16.2 Å². The maximum atomic E-state index is 13.1. The number of nitrogens with zero attached hydrogens (tertiary/aromatic N) is 6. The molecule has 0 aliphatic carbocycles. The summed E-state index contributed by atoms with van der Waals surface area (Å²) in [5, 5.41) is 24.1. The van der Waals surface area contributed by atoms with Gasteiger partial charge in [0.15, 0.2) is 5.65 Å². The molecule has 5 heterocycles. The van der Waals surface area contributed by atoms with Gasteiger partial charge >= 0.3 is 0 Å². The Balaban J connectivity index is 1.29. The van der Waals surface area contributed by atoms with Gasteiger partial charge in [-0.1, -0.05) is 13.8 Å². The lowest BCUT2D eigenvalue weighted by Crippen LogP contribution is -2.54. The molecule has 4 aromatic rings. The molecule has 12 heteroatoms. The number of rotatable bonds is 7. The van der Waals surface area contributed by atoms with E-state index in [-0.39, 0.29) is 23.8 Å². The van der Waals surface area contributed by atoms with E-state index < -0.39 is 5.91 Å². The fourth-order valence-corrected chi connectivity index (χ4v) is 5.38. The summed E-state index contributed by atoms with van der Waals surface area (Å²) >= 11 is 1.41. The Morgan fingerprint density at radius 2 is 1.92 bits per heavy atom. The number of hydrogen-bond acceptors (Lipinski definition) is 9. The third kappa shape index (κ3) is 5.22. The number of anilines is 2. The van der Waals surface area contributed by atoms with Crippen LogP contribution in [0.2, 0.25) is 0 Å². The van der Waals surface area contributed by atoms with Crippen molar-refractivity contribution in [3.8, 4) is 10.6 Å². The first-order valence-electron chi connectivity index (χ1n) is 11.8. The fraction of sp³-hybridized carbons (Fsp3) is 0.360. The van der Waals surface area contributed by atoms with Crippen molar-refractivity contribution < 1.29 is 14.7 Å². The number of aromatic nitrogens is 5. The first kappa shape index (κ1) is 24.9. The van der Waals surface area contributed by atoms with Crippen LogP contribution in [0, 0.1) is 19.3 Å².